The fourth-order valence-corrected chi connectivity index (χ4v) is 5.06. The highest BCUT2D eigenvalue weighted by molar-refractivity contribution is 7.91. The number of esters is 1. The molecule has 1 atom stereocenters. The minimum atomic E-state index is -4.51. The van der Waals surface area contributed by atoms with Gasteiger partial charge in [0.2, 0.25) is 0 Å². The number of anilines is 2. The molecule has 1 heterocycles. The molecule has 2 aromatic carbocycles. The van der Waals surface area contributed by atoms with E-state index in [0.717, 1.165) is 12.1 Å². The van der Waals surface area contributed by atoms with E-state index in [0.29, 0.717) is 6.42 Å². The first kappa shape index (κ1) is 23.6. The van der Waals surface area contributed by atoms with Crippen LogP contribution in [0.4, 0.5) is 24.5 Å². The lowest BCUT2D eigenvalue weighted by molar-refractivity contribution is -0.137. The third-order valence-corrected chi connectivity index (χ3v) is 6.84. The van der Waals surface area contributed by atoms with Crippen molar-refractivity contribution in [2.45, 2.75) is 18.6 Å². The smallest absolute Gasteiger partial charge is 0.416 e. The maximum Gasteiger partial charge on any atom is 0.416 e. The zero-order valence-corrected chi connectivity index (χ0v) is 17.9. The number of ether oxygens (including phenoxy) is 1. The van der Waals surface area contributed by atoms with Gasteiger partial charge in [-0.15, -0.1) is 0 Å². The summed E-state index contributed by atoms with van der Waals surface area (Å²) >= 11 is 0. The van der Waals surface area contributed by atoms with Gasteiger partial charge in [-0.05, 0) is 36.8 Å². The minimum absolute atomic E-state index is 0.00363. The molecule has 32 heavy (non-hydrogen) atoms. The highest BCUT2D eigenvalue weighted by Crippen LogP contribution is 2.32. The summed E-state index contributed by atoms with van der Waals surface area (Å²) in [4.78, 5) is 26.1. The zero-order valence-electron chi connectivity index (χ0n) is 17.1. The van der Waals surface area contributed by atoms with Gasteiger partial charge in [0.25, 0.3) is 5.91 Å². The second-order valence-electron chi connectivity index (χ2n) is 7.39. The van der Waals surface area contributed by atoms with Crippen molar-refractivity contribution in [3.05, 3.63) is 59.7 Å². The predicted molar refractivity (Wildman–Crippen MR) is 111 cm³/mol. The van der Waals surface area contributed by atoms with Crippen LogP contribution in [0.2, 0.25) is 0 Å². The number of carbonyl (C=O) groups is 2. The van der Waals surface area contributed by atoms with Gasteiger partial charge in [-0.2, -0.15) is 13.2 Å². The van der Waals surface area contributed by atoms with E-state index in [1.165, 1.54) is 36.2 Å². The van der Waals surface area contributed by atoms with Gasteiger partial charge in [-0.1, -0.05) is 18.2 Å². The summed E-state index contributed by atoms with van der Waals surface area (Å²) in [6.45, 7) is -0.593. The summed E-state index contributed by atoms with van der Waals surface area (Å²) in [6.07, 6.45) is -4.19. The van der Waals surface area contributed by atoms with E-state index in [9.17, 15) is 31.2 Å². The third kappa shape index (κ3) is 5.78. The van der Waals surface area contributed by atoms with Crippen LogP contribution in [0.25, 0.3) is 0 Å². The Morgan fingerprint density at radius 3 is 2.53 bits per heavy atom. The molecule has 1 amide bonds. The summed E-state index contributed by atoms with van der Waals surface area (Å²) < 4.78 is 67.1. The summed E-state index contributed by atoms with van der Waals surface area (Å²) in [5.74, 6) is -1.53. The van der Waals surface area contributed by atoms with Gasteiger partial charge in [0.1, 0.15) is 0 Å². The standard InChI is InChI=1S/C21H21F3N2O5S/c1-26(16-9-10-32(29,30)13-16)19(27)12-31-20(28)17-7-2-3-8-18(17)25-15-6-4-5-14(11-15)21(22,23)24/h2-8,11,16,25H,9-10,12-13H2,1H3. The van der Waals surface area contributed by atoms with E-state index in [4.69, 9.17) is 4.74 Å². The van der Waals surface area contributed by atoms with Crippen LogP contribution in [0.15, 0.2) is 48.5 Å². The Balaban J connectivity index is 1.66. The third-order valence-electron chi connectivity index (χ3n) is 5.09. The number of sulfone groups is 1. The van der Waals surface area contributed by atoms with E-state index >= 15 is 0 Å². The molecule has 1 fully saturated rings. The average molecular weight is 470 g/mol. The molecule has 7 nitrogen and oxygen atoms in total. The van der Waals surface area contributed by atoms with Crippen molar-refractivity contribution in [1.29, 1.82) is 0 Å². The summed E-state index contributed by atoms with van der Waals surface area (Å²) in [5.41, 5.74) is -0.480. The van der Waals surface area contributed by atoms with Crippen LogP contribution in [0.5, 0.6) is 0 Å². The average Bonchev–Trinajstić information content (AvgIpc) is 3.11. The van der Waals surface area contributed by atoms with Gasteiger partial charge in [-0.3, -0.25) is 4.79 Å². The first-order valence-electron chi connectivity index (χ1n) is 9.63. The predicted octanol–water partition coefficient (Wildman–Crippen LogP) is 3.25. The molecule has 172 valence electrons. The van der Waals surface area contributed by atoms with Gasteiger partial charge in [0.15, 0.2) is 16.4 Å². The molecule has 1 aliphatic rings. The lowest BCUT2D eigenvalue weighted by atomic mass is 10.1. The van der Waals surface area contributed by atoms with Crippen molar-refractivity contribution in [3.8, 4) is 0 Å². The van der Waals surface area contributed by atoms with E-state index in [2.05, 4.69) is 5.32 Å². The lowest BCUT2D eigenvalue weighted by Gasteiger charge is -2.23. The topological polar surface area (TPSA) is 92.8 Å². The molecule has 1 unspecified atom stereocenters. The number of carbonyl (C=O) groups excluding carboxylic acids is 2. The SMILES string of the molecule is CN(C(=O)COC(=O)c1ccccc1Nc1cccc(C(F)(F)F)c1)C1CCS(=O)(=O)C1. The van der Waals surface area contributed by atoms with Crippen LogP contribution in [0, 0.1) is 0 Å². The van der Waals surface area contributed by atoms with Crippen LogP contribution < -0.4 is 5.32 Å². The normalized spacial score (nSPS) is 17.6. The Morgan fingerprint density at radius 1 is 1.16 bits per heavy atom. The molecule has 2 aromatic rings. The molecule has 3 rings (SSSR count). The van der Waals surface area contributed by atoms with Gasteiger partial charge in [0, 0.05) is 18.8 Å². The molecular weight excluding hydrogens is 449 g/mol. The van der Waals surface area contributed by atoms with E-state index in [1.54, 1.807) is 12.1 Å². The van der Waals surface area contributed by atoms with Crippen LogP contribution >= 0.6 is 0 Å². The zero-order chi connectivity index (χ0) is 23.5. The number of nitrogens with zero attached hydrogens (tertiary/aromatic N) is 1. The first-order chi connectivity index (χ1) is 15.0. The van der Waals surface area contributed by atoms with Crippen LogP contribution in [0.1, 0.15) is 22.3 Å². The molecule has 11 heteroatoms. The number of para-hydroxylation sites is 1. The second kappa shape index (κ2) is 9.19. The minimum Gasteiger partial charge on any atom is -0.452 e. The highest BCUT2D eigenvalue weighted by atomic mass is 32.2. The van der Waals surface area contributed by atoms with Crippen molar-refractivity contribution in [1.82, 2.24) is 4.90 Å². The van der Waals surface area contributed by atoms with Gasteiger partial charge >= 0.3 is 12.1 Å². The van der Waals surface area contributed by atoms with Gasteiger partial charge in [0.05, 0.1) is 28.3 Å². The number of hydrogen-bond donors (Lipinski definition) is 1. The molecule has 1 aliphatic heterocycles. The van der Waals surface area contributed by atoms with Crippen molar-refractivity contribution in [2.75, 3.05) is 30.5 Å². The molecule has 1 saturated heterocycles. The Morgan fingerprint density at radius 2 is 1.88 bits per heavy atom. The largest absolute Gasteiger partial charge is 0.452 e. The number of benzene rings is 2. The van der Waals surface area contributed by atoms with Crippen molar-refractivity contribution < 1.29 is 35.9 Å². The monoisotopic (exact) mass is 470 g/mol. The molecule has 0 aromatic heterocycles. The molecule has 0 spiro atoms. The number of hydrogen-bond acceptors (Lipinski definition) is 6. The maximum atomic E-state index is 12.9. The van der Waals surface area contributed by atoms with E-state index in [-0.39, 0.29) is 28.4 Å². The van der Waals surface area contributed by atoms with Crippen molar-refractivity contribution in [3.63, 3.8) is 0 Å². The lowest BCUT2D eigenvalue weighted by Crippen LogP contribution is -2.40. The highest BCUT2D eigenvalue weighted by Gasteiger charge is 2.33. The Kier molecular flexibility index (Phi) is 6.77. The summed E-state index contributed by atoms with van der Waals surface area (Å²) in [7, 11) is -1.73. The Labute approximate surface area is 183 Å². The summed E-state index contributed by atoms with van der Waals surface area (Å²) in [6, 6.07) is 10.1. The van der Waals surface area contributed by atoms with Crippen LogP contribution in [-0.4, -0.2) is 56.4 Å². The Hall–Kier alpha value is -3.08. The number of nitrogens with one attached hydrogen (secondary N) is 1. The maximum absolute atomic E-state index is 12.9. The molecule has 0 aliphatic carbocycles. The van der Waals surface area contributed by atoms with Gasteiger partial charge < -0.3 is 15.0 Å². The first-order valence-corrected chi connectivity index (χ1v) is 11.4. The Bertz CT molecular complexity index is 1120. The number of alkyl halides is 3. The number of likely N-dealkylation sites (N-methyl/N-ethyl adjacent to an activating group) is 1. The van der Waals surface area contributed by atoms with E-state index < -0.39 is 46.1 Å². The van der Waals surface area contributed by atoms with Gasteiger partial charge in [-0.25, -0.2) is 13.2 Å². The molecule has 0 saturated carbocycles. The number of amides is 1. The summed E-state index contributed by atoms with van der Waals surface area (Å²) in [5, 5.41) is 2.77. The second-order valence-corrected chi connectivity index (χ2v) is 9.62. The molecule has 0 bridgehead atoms. The molecular formula is C21H21F3N2O5S. The fraction of sp³-hybridized carbons (Fsp3) is 0.333. The fourth-order valence-electron chi connectivity index (χ4n) is 3.29. The number of halogens is 3. The molecule has 1 N–H and O–H groups in total. The van der Waals surface area contributed by atoms with Crippen molar-refractivity contribution in [2.24, 2.45) is 0 Å². The quantitative estimate of drug-likeness (QED) is 0.652. The number of rotatable bonds is 6. The van der Waals surface area contributed by atoms with Crippen LogP contribution in [-0.2, 0) is 25.5 Å². The van der Waals surface area contributed by atoms with Crippen molar-refractivity contribution >= 4 is 33.1 Å². The van der Waals surface area contributed by atoms with Crippen LogP contribution in [0.3, 0.4) is 0 Å². The van der Waals surface area contributed by atoms with E-state index in [1.807, 2.05) is 0 Å². The molecule has 0 radical (unpaired) electrons.